The molecule has 2 unspecified atom stereocenters. The fraction of sp³-hybridized carbons (Fsp3) is 0.932. The van der Waals surface area contributed by atoms with Gasteiger partial charge in [-0.15, -0.1) is 0 Å². The molecular formula is C74H143NO8. The predicted molar refractivity (Wildman–Crippen MR) is 353 cm³/mol. The van der Waals surface area contributed by atoms with Gasteiger partial charge in [0.25, 0.3) is 0 Å². The first-order chi connectivity index (χ1) is 40.6. The van der Waals surface area contributed by atoms with Gasteiger partial charge in [0.15, 0.2) is 12.4 Å². The van der Waals surface area contributed by atoms with Crippen molar-refractivity contribution < 1.29 is 42.9 Å². The number of hydrogen-bond donors (Lipinski definition) is 0. The average molecular weight is 1170 g/mol. The Morgan fingerprint density at radius 2 is 0.614 bits per heavy atom. The standard InChI is InChI=1S/C74H143NO8/c1-6-8-10-12-14-16-18-20-22-24-25-26-27-28-29-30-31-32-33-34-35-36-37-38-39-40-41-42-43-44-45-46-47-49-51-53-55-57-59-61-63-65-72(77)83-70(69-82-74(73(78)79)80-67-66-75(3,4)5)68-81-71(76)64-62-60-58-56-54-52-50-48-23-21-19-17-15-13-11-9-7-2/h24-25,70,74H,6-23,26-69H2,1-5H3/b25-24-. The van der Waals surface area contributed by atoms with Crippen molar-refractivity contribution in [2.75, 3.05) is 47.5 Å². The minimum Gasteiger partial charge on any atom is -0.545 e. The maximum Gasteiger partial charge on any atom is 0.306 e. The summed E-state index contributed by atoms with van der Waals surface area (Å²) in [5, 5.41) is 11.8. The topological polar surface area (TPSA) is 111 Å². The number of carbonyl (C=O) groups excluding carboxylic acids is 3. The summed E-state index contributed by atoms with van der Waals surface area (Å²) in [6.45, 7) is 4.82. The number of carboxylic acid groups (broad SMARTS) is 1. The average Bonchev–Trinajstić information content (AvgIpc) is 3.46. The lowest BCUT2D eigenvalue weighted by atomic mass is 10.0. The minimum atomic E-state index is -1.62. The normalized spacial score (nSPS) is 12.6. The van der Waals surface area contributed by atoms with Gasteiger partial charge in [-0.05, 0) is 38.5 Å². The van der Waals surface area contributed by atoms with Crippen molar-refractivity contribution in [2.45, 2.75) is 399 Å². The SMILES string of the molecule is CCCCCCCCCC/C=C\CCCCCCCCCCCCCCCCCCCCCCCCCCCCCCCC(=O)OC(COC(=O)CCCCCCCCCCCCCCCCCCC)COC(OCC[N+](C)(C)C)C(=O)[O-]. The van der Waals surface area contributed by atoms with Crippen LogP contribution in [-0.4, -0.2) is 82.3 Å². The van der Waals surface area contributed by atoms with E-state index in [-0.39, 0.29) is 32.2 Å². The Morgan fingerprint density at radius 1 is 0.349 bits per heavy atom. The number of carbonyl (C=O) groups is 3. The Balaban J connectivity index is 3.88. The summed E-state index contributed by atoms with van der Waals surface area (Å²) in [6.07, 6.45) is 77.6. The van der Waals surface area contributed by atoms with Crippen LogP contribution in [0.2, 0.25) is 0 Å². The molecule has 0 aliphatic rings. The van der Waals surface area contributed by atoms with E-state index in [1.165, 1.54) is 321 Å². The number of nitrogens with zero attached hydrogens (tertiary/aromatic N) is 1. The van der Waals surface area contributed by atoms with Gasteiger partial charge in [0.2, 0.25) is 0 Å². The van der Waals surface area contributed by atoms with Crippen LogP contribution >= 0.6 is 0 Å². The van der Waals surface area contributed by atoms with Crippen LogP contribution in [0.5, 0.6) is 0 Å². The molecule has 0 N–H and O–H groups in total. The van der Waals surface area contributed by atoms with Crippen molar-refractivity contribution in [1.82, 2.24) is 0 Å². The second-order valence-corrected chi connectivity index (χ2v) is 26.6. The summed E-state index contributed by atoms with van der Waals surface area (Å²) in [4.78, 5) is 37.4. The molecule has 0 amide bonds. The van der Waals surface area contributed by atoms with E-state index in [4.69, 9.17) is 18.9 Å². The van der Waals surface area contributed by atoms with Gasteiger partial charge in [0.05, 0.1) is 40.3 Å². The molecule has 0 fully saturated rings. The number of quaternary nitrogens is 1. The molecule has 0 saturated carbocycles. The van der Waals surface area contributed by atoms with Gasteiger partial charge in [-0.3, -0.25) is 9.59 Å². The summed E-state index contributed by atoms with van der Waals surface area (Å²) < 4.78 is 22.8. The number of aliphatic carboxylic acids is 1. The van der Waals surface area contributed by atoms with E-state index in [0.29, 0.717) is 17.4 Å². The zero-order chi connectivity index (χ0) is 60.5. The number of allylic oxidation sites excluding steroid dienone is 2. The highest BCUT2D eigenvalue weighted by Crippen LogP contribution is 2.19. The van der Waals surface area contributed by atoms with E-state index in [1.54, 1.807) is 0 Å². The molecule has 83 heavy (non-hydrogen) atoms. The number of rotatable bonds is 70. The largest absolute Gasteiger partial charge is 0.545 e. The lowest BCUT2D eigenvalue weighted by molar-refractivity contribution is -0.870. The summed E-state index contributed by atoms with van der Waals surface area (Å²) in [7, 11) is 5.95. The van der Waals surface area contributed by atoms with Crippen LogP contribution in [0, 0.1) is 0 Å². The Bertz CT molecular complexity index is 1370. The summed E-state index contributed by atoms with van der Waals surface area (Å²) >= 11 is 0. The van der Waals surface area contributed by atoms with Crippen LogP contribution in [0.25, 0.3) is 0 Å². The Hall–Kier alpha value is -1.97. The van der Waals surface area contributed by atoms with Gasteiger partial charge < -0.3 is 33.3 Å². The molecule has 0 spiro atoms. The van der Waals surface area contributed by atoms with E-state index in [9.17, 15) is 19.5 Å². The molecule has 0 aliphatic heterocycles. The van der Waals surface area contributed by atoms with Crippen LogP contribution < -0.4 is 5.11 Å². The second-order valence-electron chi connectivity index (χ2n) is 26.6. The van der Waals surface area contributed by atoms with E-state index >= 15 is 0 Å². The van der Waals surface area contributed by atoms with Crippen molar-refractivity contribution in [2.24, 2.45) is 0 Å². The van der Waals surface area contributed by atoms with Crippen LogP contribution in [-0.2, 0) is 33.3 Å². The maximum absolute atomic E-state index is 12.9. The Kier molecular flexibility index (Phi) is 64.4. The summed E-state index contributed by atoms with van der Waals surface area (Å²) in [5.41, 5.74) is 0. The summed E-state index contributed by atoms with van der Waals surface area (Å²) in [5.74, 6) is -2.25. The van der Waals surface area contributed by atoms with Crippen molar-refractivity contribution in [1.29, 1.82) is 0 Å². The molecule has 492 valence electrons. The number of esters is 2. The molecule has 0 aromatic carbocycles. The fourth-order valence-corrected chi connectivity index (χ4v) is 11.4. The smallest absolute Gasteiger partial charge is 0.306 e. The predicted octanol–water partition coefficient (Wildman–Crippen LogP) is 21.5. The third-order valence-corrected chi connectivity index (χ3v) is 17.0. The third kappa shape index (κ3) is 67.4. The summed E-state index contributed by atoms with van der Waals surface area (Å²) in [6, 6.07) is 0. The molecule has 0 radical (unpaired) electrons. The molecule has 0 rings (SSSR count). The number of ether oxygens (including phenoxy) is 4. The van der Waals surface area contributed by atoms with Crippen molar-refractivity contribution in [3.8, 4) is 0 Å². The van der Waals surface area contributed by atoms with Crippen LogP contribution in [0.15, 0.2) is 12.2 Å². The monoisotopic (exact) mass is 1170 g/mol. The van der Waals surface area contributed by atoms with E-state index in [2.05, 4.69) is 26.0 Å². The van der Waals surface area contributed by atoms with Crippen molar-refractivity contribution in [3.63, 3.8) is 0 Å². The number of unbranched alkanes of at least 4 members (excludes halogenated alkanes) is 53. The molecule has 9 nitrogen and oxygen atoms in total. The molecule has 0 aromatic rings. The molecule has 0 aliphatic carbocycles. The molecule has 0 saturated heterocycles. The molecule has 0 aromatic heterocycles. The van der Waals surface area contributed by atoms with E-state index < -0.39 is 24.3 Å². The van der Waals surface area contributed by atoms with Crippen molar-refractivity contribution in [3.05, 3.63) is 12.2 Å². The first-order valence-electron chi connectivity index (χ1n) is 36.8. The Labute approximate surface area is 516 Å². The van der Waals surface area contributed by atoms with Crippen molar-refractivity contribution >= 4 is 17.9 Å². The first kappa shape index (κ1) is 81.0. The van der Waals surface area contributed by atoms with Crippen LogP contribution in [0.3, 0.4) is 0 Å². The quantitative estimate of drug-likeness (QED) is 0.0195. The lowest BCUT2D eigenvalue weighted by Crippen LogP contribution is -2.44. The Morgan fingerprint density at radius 3 is 0.892 bits per heavy atom. The van der Waals surface area contributed by atoms with Crippen LogP contribution in [0.1, 0.15) is 386 Å². The number of carboxylic acids is 1. The lowest BCUT2D eigenvalue weighted by Gasteiger charge is -2.26. The second kappa shape index (κ2) is 66.0. The first-order valence-corrected chi connectivity index (χ1v) is 36.8. The highest BCUT2D eigenvalue weighted by molar-refractivity contribution is 5.70. The highest BCUT2D eigenvalue weighted by atomic mass is 16.7. The molecule has 9 heteroatoms. The minimum absolute atomic E-state index is 0.153. The van der Waals surface area contributed by atoms with E-state index in [0.717, 1.165) is 38.5 Å². The zero-order valence-electron chi connectivity index (χ0n) is 56.4. The molecule has 0 bridgehead atoms. The maximum atomic E-state index is 12.9. The number of hydrogen-bond acceptors (Lipinski definition) is 8. The van der Waals surface area contributed by atoms with E-state index in [1.807, 2.05) is 21.1 Å². The highest BCUT2D eigenvalue weighted by Gasteiger charge is 2.22. The molecule has 0 heterocycles. The zero-order valence-corrected chi connectivity index (χ0v) is 56.4. The van der Waals surface area contributed by atoms with Gasteiger partial charge in [-0.1, -0.05) is 347 Å². The fourth-order valence-electron chi connectivity index (χ4n) is 11.4. The third-order valence-electron chi connectivity index (χ3n) is 17.0. The van der Waals surface area contributed by atoms with Gasteiger partial charge in [0.1, 0.15) is 13.2 Å². The van der Waals surface area contributed by atoms with Gasteiger partial charge in [0, 0.05) is 12.8 Å². The van der Waals surface area contributed by atoms with Gasteiger partial charge >= 0.3 is 11.9 Å². The number of likely N-dealkylation sites (N-methyl/N-ethyl adjacent to an activating group) is 1. The van der Waals surface area contributed by atoms with Gasteiger partial charge in [-0.2, -0.15) is 0 Å². The van der Waals surface area contributed by atoms with Gasteiger partial charge in [-0.25, -0.2) is 0 Å². The molecular weight excluding hydrogens is 1030 g/mol. The van der Waals surface area contributed by atoms with Crippen LogP contribution in [0.4, 0.5) is 0 Å². The molecule has 2 atom stereocenters.